The molecule has 1 heterocycles. The molecule has 0 aliphatic carbocycles. The van der Waals surface area contributed by atoms with Crippen molar-refractivity contribution in [2.75, 3.05) is 13.2 Å². The molecule has 0 aliphatic heterocycles. The zero-order valence-electron chi connectivity index (χ0n) is 19.7. The van der Waals surface area contributed by atoms with Crippen molar-refractivity contribution in [3.05, 3.63) is 36.0 Å². The summed E-state index contributed by atoms with van der Waals surface area (Å²) < 4.78 is 0. The maximum absolute atomic E-state index is 12.6. The number of fused-ring (bicyclic) bond motifs is 1. The predicted octanol–water partition coefficient (Wildman–Crippen LogP) is -1.39. The summed E-state index contributed by atoms with van der Waals surface area (Å²) in [4.78, 5) is 52.1. The van der Waals surface area contributed by atoms with Crippen LogP contribution in [-0.4, -0.2) is 81.4 Å². The van der Waals surface area contributed by atoms with E-state index < -0.39 is 67.0 Å². The molecular formula is C23H33N5O7. The number of carboxylic acid groups (broad SMARTS) is 1. The number of para-hydroxylation sites is 1. The van der Waals surface area contributed by atoms with Crippen molar-refractivity contribution in [3.63, 3.8) is 0 Å². The zero-order chi connectivity index (χ0) is 26.1. The number of hydrogen-bond acceptors (Lipinski definition) is 7. The summed E-state index contributed by atoms with van der Waals surface area (Å²) in [6, 6.07) is 2.31. The highest BCUT2D eigenvalue weighted by Crippen LogP contribution is 2.18. The van der Waals surface area contributed by atoms with Gasteiger partial charge in [-0.25, -0.2) is 4.79 Å². The smallest absolute Gasteiger partial charge is 0.326 e. The van der Waals surface area contributed by atoms with Crippen LogP contribution in [0.5, 0.6) is 0 Å². The lowest BCUT2D eigenvalue weighted by Crippen LogP contribution is -2.59. The minimum absolute atomic E-state index is 0.170. The molecule has 9 N–H and O–H groups in total. The Morgan fingerprint density at radius 2 is 1.54 bits per heavy atom. The molecule has 1 aromatic carbocycles. The van der Waals surface area contributed by atoms with Crippen LogP contribution < -0.4 is 21.7 Å². The Morgan fingerprint density at radius 3 is 2.11 bits per heavy atom. The third-order valence-corrected chi connectivity index (χ3v) is 5.86. The lowest BCUT2D eigenvalue weighted by molar-refractivity contribution is -0.144. The third kappa shape index (κ3) is 7.25. The monoisotopic (exact) mass is 491 g/mol. The van der Waals surface area contributed by atoms with Gasteiger partial charge in [-0.05, 0) is 24.0 Å². The lowest BCUT2D eigenvalue weighted by atomic mass is 9.99. The van der Waals surface area contributed by atoms with Crippen LogP contribution in [0.15, 0.2) is 30.5 Å². The Morgan fingerprint density at radius 1 is 0.971 bits per heavy atom. The molecule has 35 heavy (non-hydrogen) atoms. The second-order valence-corrected chi connectivity index (χ2v) is 8.37. The Labute approximate surface area is 202 Å². The minimum Gasteiger partial charge on any atom is -0.480 e. The number of nitrogens with two attached hydrogens (primary N) is 1. The number of aromatic amines is 1. The highest BCUT2D eigenvalue weighted by molar-refractivity contribution is 5.94. The summed E-state index contributed by atoms with van der Waals surface area (Å²) in [6.07, 6.45) is 2.39. The Hall–Kier alpha value is -3.48. The summed E-state index contributed by atoms with van der Waals surface area (Å²) >= 11 is 0. The van der Waals surface area contributed by atoms with E-state index in [4.69, 9.17) is 5.73 Å². The van der Waals surface area contributed by atoms with E-state index in [2.05, 4.69) is 20.9 Å². The number of aliphatic hydroxyl groups is 2. The molecule has 12 nitrogen and oxygen atoms in total. The van der Waals surface area contributed by atoms with E-state index in [9.17, 15) is 34.5 Å². The standard InChI is InChI=1S/C23H33N5O7/c1-3-12(2)19(23(34)35)28-22(33)18(11-30)27-21(32)17(10-29)26-20(31)15(24)8-13-9-25-16-7-5-4-6-14(13)16/h4-7,9,12,15,17-19,25,29-30H,3,8,10-11,24H2,1-2H3,(H,26,31)(H,27,32)(H,28,33)(H,34,35). The number of benzene rings is 1. The van der Waals surface area contributed by atoms with Gasteiger partial charge in [0.25, 0.3) is 0 Å². The molecule has 192 valence electrons. The Bertz CT molecular complexity index is 1040. The van der Waals surface area contributed by atoms with Crippen molar-refractivity contribution >= 4 is 34.6 Å². The fourth-order valence-electron chi connectivity index (χ4n) is 3.51. The summed E-state index contributed by atoms with van der Waals surface area (Å²) in [7, 11) is 0. The first kappa shape index (κ1) is 27.8. The van der Waals surface area contributed by atoms with Crippen molar-refractivity contribution in [2.24, 2.45) is 11.7 Å². The van der Waals surface area contributed by atoms with Gasteiger partial charge in [0.2, 0.25) is 17.7 Å². The number of H-pyrrole nitrogens is 1. The summed E-state index contributed by atoms with van der Waals surface area (Å²) in [5, 5.41) is 36.2. The fraction of sp³-hybridized carbons (Fsp3) is 0.478. The highest BCUT2D eigenvalue weighted by atomic mass is 16.4. The van der Waals surface area contributed by atoms with Crippen molar-refractivity contribution in [1.29, 1.82) is 0 Å². The first-order chi connectivity index (χ1) is 16.6. The largest absolute Gasteiger partial charge is 0.480 e. The molecule has 0 bridgehead atoms. The maximum Gasteiger partial charge on any atom is 0.326 e. The van der Waals surface area contributed by atoms with Gasteiger partial charge in [0.05, 0.1) is 19.3 Å². The van der Waals surface area contributed by atoms with Crippen LogP contribution in [0, 0.1) is 5.92 Å². The number of carbonyl (C=O) groups is 4. The number of rotatable bonds is 13. The molecule has 0 fully saturated rings. The molecule has 0 saturated carbocycles. The molecule has 0 spiro atoms. The number of carbonyl (C=O) groups excluding carboxylic acids is 3. The van der Waals surface area contributed by atoms with Crippen LogP contribution >= 0.6 is 0 Å². The molecule has 2 aromatic rings. The molecule has 0 radical (unpaired) electrons. The first-order valence-electron chi connectivity index (χ1n) is 11.3. The summed E-state index contributed by atoms with van der Waals surface area (Å²) in [6.45, 7) is 1.79. The van der Waals surface area contributed by atoms with E-state index in [1.54, 1.807) is 20.0 Å². The molecule has 0 aliphatic rings. The van der Waals surface area contributed by atoms with E-state index in [1.165, 1.54) is 0 Å². The van der Waals surface area contributed by atoms with E-state index in [0.717, 1.165) is 16.5 Å². The topological polar surface area (TPSA) is 207 Å². The number of hydrogen-bond donors (Lipinski definition) is 8. The van der Waals surface area contributed by atoms with Crippen LogP contribution in [0.2, 0.25) is 0 Å². The van der Waals surface area contributed by atoms with E-state index in [1.807, 2.05) is 24.3 Å². The Balaban J connectivity index is 1.99. The minimum atomic E-state index is -1.49. The predicted molar refractivity (Wildman–Crippen MR) is 127 cm³/mol. The molecule has 12 heteroatoms. The van der Waals surface area contributed by atoms with Crippen molar-refractivity contribution < 1.29 is 34.5 Å². The summed E-state index contributed by atoms with van der Waals surface area (Å²) in [5.41, 5.74) is 7.69. The van der Waals surface area contributed by atoms with Gasteiger partial charge in [-0.3, -0.25) is 14.4 Å². The molecule has 2 rings (SSSR count). The quantitative estimate of drug-likeness (QED) is 0.167. The van der Waals surface area contributed by atoms with Crippen LogP contribution in [0.1, 0.15) is 25.8 Å². The van der Waals surface area contributed by atoms with Gasteiger partial charge in [-0.15, -0.1) is 0 Å². The maximum atomic E-state index is 12.6. The Kier molecular flexibility index (Phi) is 10.2. The normalized spacial score (nSPS) is 15.5. The van der Waals surface area contributed by atoms with Crippen LogP contribution in [0.25, 0.3) is 10.9 Å². The number of aliphatic carboxylic acids is 1. The number of aromatic nitrogens is 1. The molecule has 5 atom stereocenters. The average Bonchev–Trinajstić information content (AvgIpc) is 3.25. The van der Waals surface area contributed by atoms with Crippen LogP contribution in [0.3, 0.4) is 0 Å². The number of nitrogens with one attached hydrogen (secondary N) is 4. The van der Waals surface area contributed by atoms with Crippen molar-refractivity contribution in [1.82, 2.24) is 20.9 Å². The second-order valence-electron chi connectivity index (χ2n) is 8.37. The number of aliphatic hydroxyl groups excluding tert-OH is 2. The molecule has 5 unspecified atom stereocenters. The SMILES string of the molecule is CCC(C)C(NC(=O)C(CO)NC(=O)C(CO)NC(=O)C(N)Cc1c[nH]c2ccccc12)C(=O)O. The van der Waals surface area contributed by atoms with Gasteiger partial charge >= 0.3 is 5.97 Å². The average molecular weight is 492 g/mol. The van der Waals surface area contributed by atoms with Gasteiger partial charge in [-0.2, -0.15) is 0 Å². The van der Waals surface area contributed by atoms with Gasteiger partial charge < -0.3 is 42.0 Å². The highest BCUT2D eigenvalue weighted by Gasteiger charge is 2.31. The van der Waals surface area contributed by atoms with Crippen LogP contribution in [-0.2, 0) is 25.6 Å². The van der Waals surface area contributed by atoms with E-state index in [-0.39, 0.29) is 6.42 Å². The molecular weight excluding hydrogens is 458 g/mol. The number of amides is 3. The molecule has 1 aromatic heterocycles. The van der Waals surface area contributed by atoms with Crippen molar-refractivity contribution in [3.8, 4) is 0 Å². The third-order valence-electron chi connectivity index (χ3n) is 5.86. The summed E-state index contributed by atoms with van der Waals surface area (Å²) in [5.74, 6) is -4.19. The molecule has 3 amide bonds. The van der Waals surface area contributed by atoms with E-state index in [0.29, 0.717) is 6.42 Å². The lowest BCUT2D eigenvalue weighted by Gasteiger charge is -2.25. The molecule has 0 saturated heterocycles. The van der Waals surface area contributed by atoms with Gasteiger partial charge in [0.15, 0.2) is 0 Å². The number of carboxylic acids is 1. The van der Waals surface area contributed by atoms with Crippen molar-refractivity contribution in [2.45, 2.75) is 50.9 Å². The van der Waals surface area contributed by atoms with Gasteiger partial charge in [-0.1, -0.05) is 38.5 Å². The van der Waals surface area contributed by atoms with Crippen LogP contribution in [0.4, 0.5) is 0 Å². The van der Waals surface area contributed by atoms with Gasteiger partial charge in [0, 0.05) is 17.1 Å². The first-order valence-corrected chi connectivity index (χ1v) is 11.3. The fourth-order valence-corrected chi connectivity index (χ4v) is 3.51. The second kappa shape index (κ2) is 12.8. The van der Waals surface area contributed by atoms with Gasteiger partial charge in [0.1, 0.15) is 18.1 Å². The zero-order valence-corrected chi connectivity index (χ0v) is 19.7. The van der Waals surface area contributed by atoms with E-state index >= 15 is 0 Å².